The number of carbonyl (C=O) groups excluding carboxylic acids is 1. The van der Waals surface area contributed by atoms with Gasteiger partial charge >= 0.3 is 0 Å². The zero-order valence-electron chi connectivity index (χ0n) is 17.6. The third-order valence-electron chi connectivity index (χ3n) is 4.48. The maximum absolute atomic E-state index is 12.7. The second kappa shape index (κ2) is 10.9. The minimum absolute atomic E-state index is 0.0379. The van der Waals surface area contributed by atoms with Gasteiger partial charge in [-0.2, -0.15) is 13.7 Å². The van der Waals surface area contributed by atoms with Crippen LogP contribution in [0.1, 0.15) is 19.4 Å². The van der Waals surface area contributed by atoms with E-state index in [1.807, 2.05) is 30.3 Å². The Morgan fingerprint density at radius 2 is 1.88 bits per heavy atom. The summed E-state index contributed by atoms with van der Waals surface area (Å²) in [6.07, 6.45) is 1.19. The predicted molar refractivity (Wildman–Crippen MR) is 125 cm³/mol. The monoisotopic (exact) mass is 493 g/mol. The van der Waals surface area contributed by atoms with Crippen molar-refractivity contribution in [1.82, 2.24) is 18.2 Å². The van der Waals surface area contributed by atoms with Gasteiger partial charge in [0.1, 0.15) is 6.54 Å². The number of amides is 1. The highest BCUT2D eigenvalue weighted by atomic mass is 32.2. The van der Waals surface area contributed by atoms with Crippen molar-refractivity contribution in [2.45, 2.75) is 36.2 Å². The van der Waals surface area contributed by atoms with Crippen molar-refractivity contribution >= 4 is 44.4 Å². The third-order valence-corrected chi connectivity index (χ3v) is 8.18. The van der Waals surface area contributed by atoms with Crippen LogP contribution < -0.4 is 10.9 Å². The van der Waals surface area contributed by atoms with Crippen molar-refractivity contribution < 1.29 is 13.2 Å². The van der Waals surface area contributed by atoms with Gasteiger partial charge in [0, 0.05) is 42.6 Å². The molecule has 3 rings (SSSR count). The van der Waals surface area contributed by atoms with E-state index in [4.69, 9.17) is 0 Å². The van der Waals surface area contributed by atoms with Crippen LogP contribution in [0.2, 0.25) is 0 Å². The van der Waals surface area contributed by atoms with Crippen LogP contribution >= 0.6 is 23.3 Å². The summed E-state index contributed by atoms with van der Waals surface area (Å²) < 4.78 is 32.0. The molecule has 32 heavy (non-hydrogen) atoms. The van der Waals surface area contributed by atoms with E-state index in [2.05, 4.69) is 14.7 Å². The Balaban J connectivity index is 1.65. The van der Waals surface area contributed by atoms with Crippen LogP contribution in [0.15, 0.2) is 63.5 Å². The van der Waals surface area contributed by atoms with E-state index in [1.165, 1.54) is 28.3 Å². The van der Waals surface area contributed by atoms with Gasteiger partial charge in [0.25, 0.3) is 5.56 Å². The fourth-order valence-electron chi connectivity index (χ4n) is 2.85. The Morgan fingerprint density at radius 1 is 1.16 bits per heavy atom. The van der Waals surface area contributed by atoms with Crippen LogP contribution in [-0.4, -0.2) is 45.6 Å². The van der Waals surface area contributed by atoms with Crippen molar-refractivity contribution in [3.8, 4) is 0 Å². The van der Waals surface area contributed by atoms with Crippen molar-refractivity contribution in [2.75, 3.05) is 18.4 Å². The zero-order valence-corrected chi connectivity index (χ0v) is 20.0. The molecule has 0 saturated heterocycles. The predicted octanol–water partition coefficient (Wildman–Crippen LogP) is 2.66. The Hall–Kier alpha value is -2.54. The first-order chi connectivity index (χ1) is 15.3. The lowest BCUT2D eigenvalue weighted by molar-refractivity contribution is -0.116. The number of hydrogen-bond donors (Lipinski definition) is 1. The first-order valence-corrected chi connectivity index (χ1v) is 13.0. The summed E-state index contributed by atoms with van der Waals surface area (Å²) in [7, 11) is -3.74. The van der Waals surface area contributed by atoms with Crippen LogP contribution in [0.4, 0.5) is 5.13 Å². The number of carbonyl (C=O) groups is 1. The Labute approximate surface area is 194 Å². The quantitative estimate of drug-likeness (QED) is 0.432. The minimum atomic E-state index is -3.74. The number of benzene rings is 1. The molecule has 9 nitrogen and oxygen atoms in total. The number of nitrogens with zero attached hydrogens (tertiary/aromatic N) is 4. The number of anilines is 1. The highest BCUT2D eigenvalue weighted by Gasteiger charge is 2.22. The molecule has 0 saturated carbocycles. The number of nitrogens with one attached hydrogen (secondary N) is 1. The maximum Gasteiger partial charge on any atom is 0.251 e. The van der Waals surface area contributed by atoms with Crippen LogP contribution in [0.5, 0.6) is 0 Å². The van der Waals surface area contributed by atoms with Crippen LogP contribution in [0, 0.1) is 0 Å². The highest BCUT2D eigenvalue weighted by molar-refractivity contribution is 7.98. The summed E-state index contributed by atoms with van der Waals surface area (Å²) in [6.45, 7) is 3.74. The van der Waals surface area contributed by atoms with Crippen LogP contribution in [-0.2, 0) is 27.1 Å². The third kappa shape index (κ3) is 6.03. The number of pyridine rings is 1. The van der Waals surface area contributed by atoms with Crippen LogP contribution in [0.25, 0.3) is 0 Å². The van der Waals surface area contributed by atoms with E-state index in [9.17, 15) is 18.0 Å². The molecule has 0 spiro atoms. The van der Waals surface area contributed by atoms with E-state index < -0.39 is 21.5 Å². The van der Waals surface area contributed by atoms with Gasteiger partial charge in [0.15, 0.2) is 0 Å². The molecular weight excluding hydrogens is 470 g/mol. The average Bonchev–Trinajstić information content (AvgIpc) is 3.22. The molecular formula is C20H23N5O4S3. The van der Waals surface area contributed by atoms with Gasteiger partial charge in [-0.15, -0.1) is 0 Å². The fraction of sp³-hybridized carbons (Fsp3) is 0.300. The van der Waals surface area contributed by atoms with Gasteiger partial charge in [-0.3, -0.25) is 14.9 Å². The lowest BCUT2D eigenvalue weighted by Gasteiger charge is -2.18. The molecule has 2 heterocycles. The van der Waals surface area contributed by atoms with Gasteiger partial charge < -0.3 is 4.57 Å². The SMILES string of the molecule is CCN(CC)S(=O)(=O)c1ccc(=O)n(CC(=O)Nc2nc(SCc3ccccc3)ns2)c1. The summed E-state index contributed by atoms with van der Waals surface area (Å²) in [4.78, 5) is 28.8. The summed E-state index contributed by atoms with van der Waals surface area (Å²) in [5.41, 5.74) is 0.659. The van der Waals surface area contributed by atoms with E-state index in [-0.39, 0.29) is 11.4 Å². The number of aromatic nitrogens is 3. The van der Waals surface area contributed by atoms with Crippen molar-refractivity contribution in [3.05, 3.63) is 64.6 Å². The zero-order chi connectivity index (χ0) is 23.1. The lowest BCUT2D eigenvalue weighted by Crippen LogP contribution is -2.33. The van der Waals surface area contributed by atoms with E-state index in [0.29, 0.717) is 29.1 Å². The number of rotatable bonds is 10. The Morgan fingerprint density at radius 3 is 2.56 bits per heavy atom. The van der Waals surface area contributed by atoms with Crippen molar-refractivity contribution in [2.24, 2.45) is 0 Å². The van der Waals surface area contributed by atoms with E-state index in [0.717, 1.165) is 27.7 Å². The summed E-state index contributed by atoms with van der Waals surface area (Å²) >= 11 is 2.49. The van der Waals surface area contributed by atoms with Gasteiger partial charge in [0.05, 0.1) is 4.90 Å². The van der Waals surface area contributed by atoms with Gasteiger partial charge in [-0.05, 0) is 11.6 Å². The molecule has 2 aromatic heterocycles. The van der Waals surface area contributed by atoms with Crippen molar-refractivity contribution in [3.63, 3.8) is 0 Å². The van der Waals surface area contributed by atoms with Gasteiger partial charge in [-0.1, -0.05) is 55.9 Å². The number of hydrogen-bond acceptors (Lipinski definition) is 8. The Kier molecular flexibility index (Phi) is 8.18. The molecule has 170 valence electrons. The second-order valence-corrected chi connectivity index (χ2v) is 10.3. The normalized spacial score (nSPS) is 11.6. The second-order valence-electron chi connectivity index (χ2n) is 6.62. The first-order valence-electron chi connectivity index (χ1n) is 9.84. The summed E-state index contributed by atoms with van der Waals surface area (Å²) in [6, 6.07) is 12.3. The highest BCUT2D eigenvalue weighted by Crippen LogP contribution is 2.23. The molecule has 0 atom stereocenters. The molecule has 1 amide bonds. The fourth-order valence-corrected chi connectivity index (χ4v) is 5.85. The molecule has 3 aromatic rings. The molecule has 0 aliphatic rings. The smallest absolute Gasteiger partial charge is 0.251 e. The maximum atomic E-state index is 12.7. The molecule has 1 N–H and O–H groups in total. The molecule has 0 aliphatic carbocycles. The number of sulfonamides is 1. The van der Waals surface area contributed by atoms with E-state index >= 15 is 0 Å². The minimum Gasteiger partial charge on any atom is -0.305 e. The van der Waals surface area contributed by atoms with Crippen LogP contribution in [0.3, 0.4) is 0 Å². The number of thioether (sulfide) groups is 1. The van der Waals surface area contributed by atoms with Crippen molar-refractivity contribution in [1.29, 1.82) is 0 Å². The standard InChI is InChI=1S/C20H23N5O4S3/c1-3-25(4-2)32(28,29)16-10-11-18(27)24(12-16)13-17(26)21-19-22-20(23-31-19)30-14-15-8-6-5-7-9-15/h5-12H,3-4,13-14H2,1-2H3,(H,21,22,23,26). The summed E-state index contributed by atoms with van der Waals surface area (Å²) in [5.74, 6) is 0.203. The summed E-state index contributed by atoms with van der Waals surface area (Å²) in [5, 5.41) is 3.46. The average molecular weight is 494 g/mol. The molecule has 0 fully saturated rings. The van der Waals surface area contributed by atoms with E-state index in [1.54, 1.807) is 13.8 Å². The first kappa shape index (κ1) is 24.1. The molecule has 0 bridgehead atoms. The molecule has 0 unspecified atom stereocenters. The largest absolute Gasteiger partial charge is 0.305 e. The lowest BCUT2D eigenvalue weighted by atomic mass is 10.2. The molecule has 0 radical (unpaired) electrons. The molecule has 0 aliphatic heterocycles. The molecule has 1 aromatic carbocycles. The Bertz CT molecular complexity index is 1220. The van der Waals surface area contributed by atoms with Gasteiger partial charge in [-0.25, -0.2) is 8.42 Å². The van der Waals surface area contributed by atoms with Gasteiger partial charge in [0.2, 0.25) is 26.2 Å². The topological polar surface area (TPSA) is 114 Å². The molecule has 12 heteroatoms.